The summed E-state index contributed by atoms with van der Waals surface area (Å²) in [6.07, 6.45) is 3.57. The van der Waals surface area contributed by atoms with Crippen LogP contribution in [0.3, 0.4) is 0 Å². The van der Waals surface area contributed by atoms with E-state index in [1.165, 1.54) is 17.8 Å². The van der Waals surface area contributed by atoms with Gasteiger partial charge in [0, 0.05) is 18.5 Å². The van der Waals surface area contributed by atoms with Crippen molar-refractivity contribution in [2.45, 2.75) is 56.5 Å². The minimum absolute atomic E-state index is 0.0371. The second-order valence-corrected chi connectivity index (χ2v) is 11.2. The highest BCUT2D eigenvalue weighted by atomic mass is 32.2. The van der Waals surface area contributed by atoms with E-state index in [0.717, 1.165) is 30.7 Å². The average molecular weight is 586 g/mol. The van der Waals surface area contributed by atoms with Crippen LogP contribution in [0.1, 0.15) is 50.7 Å². The second kappa shape index (κ2) is 14.2. The maximum absolute atomic E-state index is 12.9. The van der Waals surface area contributed by atoms with E-state index in [1.807, 2.05) is 39.8 Å². The van der Waals surface area contributed by atoms with Gasteiger partial charge in [0.2, 0.25) is 0 Å². The van der Waals surface area contributed by atoms with E-state index in [2.05, 4.69) is 13.5 Å². The van der Waals surface area contributed by atoms with Crippen LogP contribution in [-0.4, -0.2) is 49.5 Å². The molecule has 9 nitrogen and oxygen atoms in total. The fourth-order valence-electron chi connectivity index (χ4n) is 4.16. The number of aromatic nitrogens is 2. The Hall–Kier alpha value is -3.57. The quantitative estimate of drug-likeness (QED) is 0.155. The molecule has 0 fully saturated rings. The minimum Gasteiger partial charge on any atom is -0.462 e. The average Bonchev–Trinajstić information content (AvgIpc) is 3.28. The van der Waals surface area contributed by atoms with Crippen molar-refractivity contribution >= 4 is 39.4 Å². The smallest absolute Gasteiger partial charge is 0.421 e. The number of unbranched alkanes of at least 4 members (excludes halogenated alkanes) is 1. The van der Waals surface area contributed by atoms with Crippen LogP contribution in [0.15, 0.2) is 65.0 Å². The summed E-state index contributed by atoms with van der Waals surface area (Å²) in [4.78, 5) is 29.2. The van der Waals surface area contributed by atoms with E-state index in [4.69, 9.17) is 14.5 Å². The lowest BCUT2D eigenvalue weighted by molar-refractivity contribution is -0.136. The number of amides is 1. The Morgan fingerprint density at radius 2 is 1.70 bits per heavy atom. The summed E-state index contributed by atoms with van der Waals surface area (Å²) in [5.74, 6) is 0.378. The Bertz CT molecular complexity index is 1460. The lowest BCUT2D eigenvalue weighted by Crippen LogP contribution is -2.31. The number of sulfonamides is 1. The monoisotopic (exact) mass is 585 g/mol. The highest BCUT2D eigenvalue weighted by Crippen LogP contribution is 2.31. The number of thioether (sulfide) groups is 1. The van der Waals surface area contributed by atoms with E-state index < -0.39 is 22.1 Å². The molecule has 40 heavy (non-hydrogen) atoms. The topological polar surface area (TPSA) is 117 Å². The van der Waals surface area contributed by atoms with E-state index in [0.29, 0.717) is 28.4 Å². The van der Waals surface area contributed by atoms with Crippen molar-refractivity contribution in [3.63, 3.8) is 0 Å². The number of hydrogen-bond donors (Lipinski definition) is 1. The van der Waals surface area contributed by atoms with Gasteiger partial charge in [-0.05, 0) is 43.7 Å². The Morgan fingerprint density at radius 1 is 1.02 bits per heavy atom. The van der Waals surface area contributed by atoms with Gasteiger partial charge in [0.05, 0.1) is 29.4 Å². The summed E-state index contributed by atoms with van der Waals surface area (Å²) in [7, 11) is -4.15. The molecule has 0 radical (unpaired) electrons. The molecule has 0 saturated carbocycles. The Morgan fingerprint density at radius 3 is 2.33 bits per heavy atom. The summed E-state index contributed by atoms with van der Waals surface area (Å²) < 4.78 is 39.7. The number of hydrogen-bond acceptors (Lipinski definition) is 8. The lowest BCUT2D eigenvalue weighted by atomic mass is 10.0. The first-order valence-corrected chi connectivity index (χ1v) is 15.7. The number of carbonyl (C=O) groups excluding carboxylic acids is 2. The van der Waals surface area contributed by atoms with Crippen molar-refractivity contribution in [1.29, 1.82) is 0 Å². The number of nitrogens with zero attached hydrogens (tertiary/aromatic N) is 2. The van der Waals surface area contributed by atoms with Gasteiger partial charge in [-0.3, -0.25) is 0 Å². The number of esters is 1. The third-order valence-corrected chi connectivity index (χ3v) is 8.09. The van der Waals surface area contributed by atoms with Crippen LogP contribution in [0, 0.1) is 0 Å². The van der Waals surface area contributed by atoms with Crippen LogP contribution >= 0.6 is 11.8 Å². The van der Waals surface area contributed by atoms with E-state index in [1.54, 1.807) is 32.0 Å². The first kappa shape index (κ1) is 31.0. The highest BCUT2D eigenvalue weighted by Gasteiger charge is 2.25. The van der Waals surface area contributed by atoms with Gasteiger partial charge in [0.15, 0.2) is 0 Å². The van der Waals surface area contributed by atoms with Crippen LogP contribution in [0.25, 0.3) is 16.7 Å². The van der Waals surface area contributed by atoms with Gasteiger partial charge in [-0.1, -0.05) is 62.4 Å². The third-order valence-electron chi connectivity index (χ3n) is 6.04. The number of aryl methyl sites for hydroxylation is 1. The molecule has 0 aliphatic heterocycles. The molecule has 11 heteroatoms. The van der Waals surface area contributed by atoms with Crippen molar-refractivity contribution in [3.8, 4) is 11.1 Å². The molecule has 3 aromatic rings. The largest absolute Gasteiger partial charge is 0.462 e. The van der Waals surface area contributed by atoms with Gasteiger partial charge in [-0.15, -0.1) is 11.8 Å². The predicted molar refractivity (Wildman–Crippen MR) is 157 cm³/mol. The van der Waals surface area contributed by atoms with Crippen LogP contribution < -0.4 is 4.72 Å². The van der Waals surface area contributed by atoms with Crippen molar-refractivity contribution < 1.29 is 27.5 Å². The van der Waals surface area contributed by atoms with E-state index >= 15 is 0 Å². The summed E-state index contributed by atoms with van der Waals surface area (Å²) in [6, 6.07) is 13.9. The molecule has 1 aromatic heterocycles. The van der Waals surface area contributed by atoms with Crippen LogP contribution in [0.4, 0.5) is 4.79 Å². The molecule has 3 rings (SSSR count). The number of carbonyl (C=O) groups is 2. The van der Waals surface area contributed by atoms with Crippen molar-refractivity contribution in [2.24, 2.45) is 0 Å². The SMILES string of the molecule is C=C(C(=O)OCC)c1c(SC)nc(CCCC)n1Cc1ccc(-c2ccccc2S(=O)(=O)NC(=O)OCC)cc1. The first-order valence-electron chi connectivity index (χ1n) is 13.0. The number of imidazole rings is 1. The summed E-state index contributed by atoms with van der Waals surface area (Å²) >= 11 is 1.45. The predicted octanol–water partition coefficient (Wildman–Crippen LogP) is 5.67. The number of ether oxygens (including phenoxy) is 2. The molecular formula is C29H35N3O6S2. The molecule has 0 unspecified atom stereocenters. The lowest BCUT2D eigenvalue weighted by Gasteiger charge is -2.15. The van der Waals surface area contributed by atoms with Gasteiger partial charge >= 0.3 is 12.1 Å². The van der Waals surface area contributed by atoms with Crippen LogP contribution in [0.5, 0.6) is 0 Å². The molecule has 2 aromatic carbocycles. The molecule has 0 aliphatic carbocycles. The zero-order valence-corrected chi connectivity index (χ0v) is 24.9. The minimum atomic E-state index is -4.15. The van der Waals surface area contributed by atoms with Gasteiger partial charge in [-0.2, -0.15) is 0 Å². The number of rotatable bonds is 13. The van der Waals surface area contributed by atoms with Crippen molar-refractivity contribution in [3.05, 3.63) is 72.2 Å². The fourth-order valence-corrected chi connectivity index (χ4v) is 5.90. The zero-order valence-electron chi connectivity index (χ0n) is 23.2. The summed E-state index contributed by atoms with van der Waals surface area (Å²) in [5.41, 5.74) is 2.92. The molecule has 0 spiro atoms. The zero-order chi connectivity index (χ0) is 29.3. The van der Waals surface area contributed by atoms with Crippen LogP contribution in [0.2, 0.25) is 0 Å². The Balaban J connectivity index is 1.98. The molecule has 1 heterocycles. The highest BCUT2D eigenvalue weighted by molar-refractivity contribution is 7.98. The second-order valence-electron chi connectivity index (χ2n) is 8.79. The van der Waals surface area contributed by atoms with Gasteiger partial charge in [0.1, 0.15) is 10.9 Å². The van der Waals surface area contributed by atoms with Gasteiger partial charge in [0.25, 0.3) is 10.0 Å². The molecule has 0 aliphatic rings. The molecular weight excluding hydrogens is 550 g/mol. The Labute approximate surface area is 240 Å². The van der Waals surface area contributed by atoms with E-state index in [-0.39, 0.29) is 23.7 Å². The van der Waals surface area contributed by atoms with Crippen molar-refractivity contribution in [1.82, 2.24) is 14.3 Å². The standard InChI is InChI=1S/C29H35N3O6S2/c1-6-9-14-25-30-27(39-5)26(20(4)28(33)37-7-2)32(25)19-21-15-17-22(18-16-21)23-12-10-11-13-24(23)40(35,36)31-29(34)38-8-3/h10-13,15-18H,4,6-9,14,19H2,1-3,5H3,(H,31,34). The Kier molecular flexibility index (Phi) is 11.0. The van der Waals surface area contributed by atoms with Gasteiger partial charge in [-0.25, -0.2) is 27.7 Å². The fraction of sp³-hybridized carbons (Fsp3) is 0.345. The number of benzene rings is 2. The number of nitrogens with one attached hydrogen (secondary N) is 1. The molecule has 1 N–H and O–H groups in total. The molecule has 0 bridgehead atoms. The normalized spacial score (nSPS) is 11.2. The summed E-state index contributed by atoms with van der Waals surface area (Å²) in [5, 5.41) is 0.717. The molecule has 0 saturated heterocycles. The van der Waals surface area contributed by atoms with Gasteiger partial charge < -0.3 is 14.0 Å². The maximum Gasteiger partial charge on any atom is 0.421 e. The third kappa shape index (κ3) is 7.33. The first-order chi connectivity index (χ1) is 19.2. The van der Waals surface area contributed by atoms with E-state index in [9.17, 15) is 18.0 Å². The molecule has 214 valence electrons. The molecule has 1 amide bonds. The van der Waals surface area contributed by atoms with Crippen molar-refractivity contribution in [2.75, 3.05) is 19.5 Å². The maximum atomic E-state index is 12.9. The van der Waals surface area contributed by atoms with Crippen LogP contribution in [-0.2, 0) is 37.3 Å². The molecule has 0 atom stereocenters. The summed E-state index contributed by atoms with van der Waals surface area (Å²) in [6.45, 7) is 10.2.